The van der Waals surface area contributed by atoms with Crippen molar-refractivity contribution in [2.75, 3.05) is 0 Å². The Balaban J connectivity index is 1.61. The summed E-state index contributed by atoms with van der Waals surface area (Å²) in [5.74, 6) is 0.302. The summed E-state index contributed by atoms with van der Waals surface area (Å²) in [6.45, 7) is 1.99. The molecule has 0 aromatic heterocycles. The molecule has 0 saturated heterocycles. The first-order valence-electron chi connectivity index (χ1n) is 7.90. The Morgan fingerprint density at radius 2 is 2.05 bits per heavy atom. The van der Waals surface area contributed by atoms with Crippen molar-refractivity contribution in [3.63, 3.8) is 0 Å². The summed E-state index contributed by atoms with van der Waals surface area (Å²) in [6, 6.07) is 9.87. The first-order valence-corrected chi connectivity index (χ1v) is 7.90. The van der Waals surface area contributed by atoms with Gasteiger partial charge in [0.05, 0.1) is 11.5 Å². The molecule has 3 nitrogen and oxygen atoms in total. The zero-order valence-corrected chi connectivity index (χ0v) is 12.5. The highest BCUT2D eigenvalue weighted by molar-refractivity contribution is 6.04. The Kier molecular flexibility index (Phi) is 2.86. The van der Waals surface area contributed by atoms with E-state index in [9.17, 15) is 9.59 Å². The molecular formula is C19H19NO2. The molecule has 1 saturated carbocycles. The average molecular weight is 293 g/mol. The number of ketones is 1. The van der Waals surface area contributed by atoms with Gasteiger partial charge in [0.15, 0.2) is 5.78 Å². The summed E-state index contributed by atoms with van der Waals surface area (Å²) in [5, 5.41) is 3.13. The maximum atomic E-state index is 13.0. The molecule has 112 valence electrons. The molecule has 0 radical (unpaired) electrons. The fourth-order valence-corrected chi connectivity index (χ4v) is 4.44. The number of rotatable bonds is 3. The van der Waals surface area contributed by atoms with Crippen LogP contribution in [-0.4, -0.2) is 11.7 Å². The molecule has 1 aromatic rings. The van der Waals surface area contributed by atoms with E-state index in [2.05, 4.69) is 17.5 Å². The summed E-state index contributed by atoms with van der Waals surface area (Å²) < 4.78 is 0. The largest absolute Gasteiger partial charge is 0.349 e. The van der Waals surface area contributed by atoms with Crippen molar-refractivity contribution in [2.45, 2.75) is 19.4 Å². The van der Waals surface area contributed by atoms with Gasteiger partial charge in [-0.05, 0) is 36.8 Å². The fourth-order valence-electron chi connectivity index (χ4n) is 4.44. The molecule has 1 amide bonds. The van der Waals surface area contributed by atoms with Crippen LogP contribution >= 0.6 is 0 Å². The smallest absolute Gasteiger partial charge is 0.231 e. The van der Waals surface area contributed by atoms with Crippen LogP contribution in [0.2, 0.25) is 0 Å². The Hall–Kier alpha value is -2.16. The van der Waals surface area contributed by atoms with Gasteiger partial charge in [-0.25, -0.2) is 0 Å². The molecule has 22 heavy (non-hydrogen) atoms. The van der Waals surface area contributed by atoms with E-state index in [0.29, 0.717) is 0 Å². The van der Waals surface area contributed by atoms with Crippen LogP contribution in [0.5, 0.6) is 0 Å². The normalized spacial score (nSPS) is 35.7. The molecule has 0 aliphatic heterocycles. The van der Waals surface area contributed by atoms with Crippen molar-refractivity contribution in [2.24, 2.45) is 23.2 Å². The van der Waals surface area contributed by atoms with Gasteiger partial charge >= 0.3 is 0 Å². The van der Waals surface area contributed by atoms with E-state index in [4.69, 9.17) is 0 Å². The third-order valence-electron chi connectivity index (χ3n) is 5.54. The number of nitrogens with one attached hydrogen (secondary N) is 1. The van der Waals surface area contributed by atoms with Gasteiger partial charge in [-0.1, -0.05) is 48.6 Å². The topological polar surface area (TPSA) is 46.2 Å². The van der Waals surface area contributed by atoms with Crippen LogP contribution < -0.4 is 5.32 Å². The Bertz CT molecular complexity index is 691. The van der Waals surface area contributed by atoms with E-state index < -0.39 is 5.41 Å². The van der Waals surface area contributed by atoms with Gasteiger partial charge in [0.25, 0.3) is 0 Å². The van der Waals surface area contributed by atoms with Crippen molar-refractivity contribution < 1.29 is 9.59 Å². The summed E-state index contributed by atoms with van der Waals surface area (Å²) in [4.78, 5) is 25.2. The van der Waals surface area contributed by atoms with Crippen molar-refractivity contribution >= 4 is 11.7 Å². The molecule has 0 spiro atoms. The van der Waals surface area contributed by atoms with Crippen LogP contribution in [0, 0.1) is 23.2 Å². The van der Waals surface area contributed by atoms with Gasteiger partial charge in [-0.15, -0.1) is 0 Å². The number of hydrogen-bond acceptors (Lipinski definition) is 2. The number of fused-ring (bicyclic) bond motifs is 5. The van der Waals surface area contributed by atoms with Crippen molar-refractivity contribution in [3.8, 4) is 0 Å². The zero-order chi connectivity index (χ0) is 15.3. The first-order chi connectivity index (χ1) is 10.6. The molecule has 4 rings (SSSR count). The summed E-state index contributed by atoms with van der Waals surface area (Å²) >= 11 is 0. The SMILES string of the molecule is CC(NC(=O)C12C=CC(=O)C1C1C=CC2C1)c1ccccc1. The van der Waals surface area contributed by atoms with Crippen LogP contribution in [0.1, 0.15) is 24.9 Å². The second kappa shape index (κ2) is 4.67. The number of carbonyl (C=O) groups is 2. The zero-order valence-electron chi connectivity index (χ0n) is 12.5. The highest BCUT2D eigenvalue weighted by Gasteiger charge is 2.63. The standard InChI is InChI=1S/C19H19NO2/c1-12(13-5-3-2-4-6-13)20-18(22)19-10-9-16(21)17(19)14-7-8-15(19)11-14/h2-10,12,14-15,17H,11H2,1H3,(H,20,22). The minimum absolute atomic E-state index is 0.00666. The summed E-state index contributed by atoms with van der Waals surface area (Å²) in [7, 11) is 0. The molecule has 3 aliphatic carbocycles. The number of carbonyl (C=O) groups excluding carboxylic acids is 2. The Morgan fingerprint density at radius 1 is 1.27 bits per heavy atom. The quantitative estimate of drug-likeness (QED) is 0.871. The molecule has 2 bridgehead atoms. The van der Waals surface area contributed by atoms with Crippen molar-refractivity contribution in [3.05, 3.63) is 60.2 Å². The van der Waals surface area contributed by atoms with E-state index >= 15 is 0 Å². The van der Waals surface area contributed by atoms with Crippen LogP contribution in [0.3, 0.4) is 0 Å². The number of amides is 1. The second-order valence-electron chi connectivity index (χ2n) is 6.64. The minimum Gasteiger partial charge on any atom is -0.349 e. The van der Waals surface area contributed by atoms with Crippen LogP contribution in [0.4, 0.5) is 0 Å². The minimum atomic E-state index is -0.653. The maximum Gasteiger partial charge on any atom is 0.231 e. The van der Waals surface area contributed by atoms with E-state index in [0.717, 1.165) is 12.0 Å². The maximum absolute atomic E-state index is 13.0. The average Bonchev–Trinajstić information content (AvgIpc) is 3.21. The highest BCUT2D eigenvalue weighted by atomic mass is 16.2. The lowest BCUT2D eigenvalue weighted by atomic mass is 9.69. The van der Waals surface area contributed by atoms with E-state index in [-0.39, 0.29) is 35.5 Å². The van der Waals surface area contributed by atoms with Gasteiger partial charge in [-0.3, -0.25) is 9.59 Å². The number of benzene rings is 1. The highest BCUT2D eigenvalue weighted by Crippen LogP contribution is 2.60. The molecule has 1 aromatic carbocycles. The molecule has 0 heterocycles. The molecule has 5 atom stereocenters. The van der Waals surface area contributed by atoms with Crippen LogP contribution in [-0.2, 0) is 9.59 Å². The lowest BCUT2D eigenvalue weighted by Gasteiger charge is -2.34. The molecule has 5 unspecified atom stereocenters. The molecule has 1 fully saturated rings. The predicted octanol–water partition coefficient (Wildman–Crippen LogP) is 2.81. The Labute approximate surface area is 130 Å². The third kappa shape index (κ3) is 1.68. The van der Waals surface area contributed by atoms with Gasteiger partial charge in [0, 0.05) is 5.92 Å². The third-order valence-corrected chi connectivity index (χ3v) is 5.54. The monoisotopic (exact) mass is 293 g/mol. The predicted molar refractivity (Wildman–Crippen MR) is 83.8 cm³/mol. The second-order valence-corrected chi connectivity index (χ2v) is 6.64. The lowest BCUT2D eigenvalue weighted by molar-refractivity contribution is -0.136. The van der Waals surface area contributed by atoms with E-state index in [1.165, 1.54) is 0 Å². The first kappa shape index (κ1) is 13.5. The van der Waals surface area contributed by atoms with Gasteiger partial charge < -0.3 is 5.32 Å². The fraction of sp³-hybridized carbons (Fsp3) is 0.368. The molecular weight excluding hydrogens is 274 g/mol. The Morgan fingerprint density at radius 3 is 2.82 bits per heavy atom. The molecule has 3 heteroatoms. The van der Waals surface area contributed by atoms with Crippen molar-refractivity contribution in [1.82, 2.24) is 5.32 Å². The van der Waals surface area contributed by atoms with Crippen LogP contribution in [0.15, 0.2) is 54.6 Å². The van der Waals surface area contributed by atoms with E-state index in [1.807, 2.05) is 43.3 Å². The van der Waals surface area contributed by atoms with Gasteiger partial charge in [0.1, 0.15) is 0 Å². The number of hydrogen-bond donors (Lipinski definition) is 1. The number of allylic oxidation sites excluding steroid dienone is 3. The summed E-state index contributed by atoms with van der Waals surface area (Å²) in [6.07, 6.45) is 8.64. The van der Waals surface area contributed by atoms with Gasteiger partial charge in [0.2, 0.25) is 5.91 Å². The lowest BCUT2D eigenvalue weighted by Crippen LogP contribution is -2.47. The summed E-state index contributed by atoms with van der Waals surface area (Å²) in [5.41, 5.74) is 0.426. The molecule has 3 aliphatic rings. The molecule has 1 N–H and O–H groups in total. The van der Waals surface area contributed by atoms with Crippen molar-refractivity contribution in [1.29, 1.82) is 0 Å². The van der Waals surface area contributed by atoms with E-state index in [1.54, 1.807) is 6.08 Å². The van der Waals surface area contributed by atoms with Gasteiger partial charge in [-0.2, -0.15) is 0 Å². The van der Waals surface area contributed by atoms with Crippen LogP contribution in [0.25, 0.3) is 0 Å².